The van der Waals surface area contributed by atoms with E-state index in [0.29, 0.717) is 11.3 Å². The molecule has 0 saturated carbocycles. The van der Waals surface area contributed by atoms with Crippen molar-refractivity contribution in [2.75, 3.05) is 11.9 Å². The van der Waals surface area contributed by atoms with Gasteiger partial charge in [0.05, 0.1) is 0 Å². The van der Waals surface area contributed by atoms with Gasteiger partial charge in [-0.15, -0.1) is 0 Å². The van der Waals surface area contributed by atoms with Crippen LogP contribution in [-0.2, 0) is 0 Å². The number of Topliss-reactive ketones (excluding diaryl/α,β-unsaturated/α-hetero) is 1. The highest BCUT2D eigenvalue weighted by molar-refractivity contribution is 6.15. The van der Waals surface area contributed by atoms with Crippen LogP contribution in [0.5, 0.6) is 0 Å². The van der Waals surface area contributed by atoms with E-state index < -0.39 is 0 Å². The highest BCUT2D eigenvalue weighted by Gasteiger charge is 2.22. The summed E-state index contributed by atoms with van der Waals surface area (Å²) in [5, 5.41) is 0. The summed E-state index contributed by atoms with van der Waals surface area (Å²) in [5.41, 5.74) is 7.84. The van der Waals surface area contributed by atoms with Crippen molar-refractivity contribution < 1.29 is 4.79 Å². The predicted octanol–water partition coefficient (Wildman–Crippen LogP) is 4.96. The largest absolute Gasteiger partial charge is 0.344 e. The second-order valence-corrected chi connectivity index (χ2v) is 6.72. The van der Waals surface area contributed by atoms with Gasteiger partial charge in [0, 0.05) is 35.8 Å². The molecule has 0 N–H and O–H groups in total. The fourth-order valence-electron chi connectivity index (χ4n) is 3.42. The summed E-state index contributed by atoms with van der Waals surface area (Å²) in [6.07, 6.45) is 11.7. The molecule has 1 aliphatic heterocycles. The number of anilines is 1. The first-order chi connectivity index (χ1) is 12.5. The van der Waals surface area contributed by atoms with E-state index >= 15 is 0 Å². The minimum Gasteiger partial charge on any atom is -0.344 e. The fourth-order valence-corrected chi connectivity index (χ4v) is 3.42. The van der Waals surface area contributed by atoms with E-state index in [1.54, 1.807) is 6.20 Å². The monoisotopic (exact) mass is 340 g/mol. The first kappa shape index (κ1) is 16.3. The van der Waals surface area contributed by atoms with Gasteiger partial charge in [0.15, 0.2) is 0 Å². The Hall–Kier alpha value is -3.20. The maximum absolute atomic E-state index is 12.7. The molecule has 1 aromatic heterocycles. The molecule has 0 amide bonds. The number of pyridine rings is 1. The summed E-state index contributed by atoms with van der Waals surface area (Å²) in [4.78, 5) is 19.1. The number of carbonyl (C=O) groups is 1. The van der Waals surface area contributed by atoms with Crippen molar-refractivity contribution in [3.63, 3.8) is 0 Å². The number of allylic oxidation sites excluding steroid dienone is 6. The molecule has 2 aromatic rings. The molecule has 0 spiro atoms. The standard InChI is InChI=1S/C23H20N2O/c1-15-6-11-21-17(13-15)7-9-19(25(21)3)10-8-18-14-16(2)20-5-4-12-24-22(20)23(18)26/h4-14H,1-3H3. The molecule has 0 radical (unpaired) electrons. The molecule has 0 unspecified atom stereocenters. The van der Waals surface area contributed by atoms with Gasteiger partial charge in [0.1, 0.15) is 5.69 Å². The molecule has 1 aliphatic carbocycles. The maximum atomic E-state index is 12.7. The minimum atomic E-state index is -0.0264. The smallest absolute Gasteiger partial charge is 0.211 e. The van der Waals surface area contributed by atoms with Gasteiger partial charge in [-0.05, 0) is 67.5 Å². The van der Waals surface area contributed by atoms with Gasteiger partial charge in [0.25, 0.3) is 0 Å². The fraction of sp³-hybridized carbons (Fsp3) is 0.130. The van der Waals surface area contributed by atoms with Gasteiger partial charge in [-0.2, -0.15) is 0 Å². The average molecular weight is 340 g/mol. The van der Waals surface area contributed by atoms with Crippen LogP contribution >= 0.6 is 0 Å². The van der Waals surface area contributed by atoms with Gasteiger partial charge in [-0.3, -0.25) is 9.78 Å². The number of nitrogens with zero attached hydrogens (tertiary/aromatic N) is 2. The Morgan fingerprint density at radius 2 is 1.92 bits per heavy atom. The molecule has 2 aliphatic rings. The summed E-state index contributed by atoms with van der Waals surface area (Å²) < 4.78 is 0. The molecule has 4 rings (SSSR count). The zero-order valence-corrected chi connectivity index (χ0v) is 15.2. The van der Waals surface area contributed by atoms with Crippen LogP contribution in [0.15, 0.2) is 72.1 Å². The number of ketones is 1. The second kappa shape index (κ2) is 6.26. The Labute approximate surface area is 153 Å². The van der Waals surface area contributed by atoms with E-state index in [1.165, 1.54) is 11.1 Å². The summed E-state index contributed by atoms with van der Waals surface area (Å²) >= 11 is 0. The SMILES string of the molecule is CC1=CC(=CC=C2C=Cc3cc(C)ccc3N2C)C(=O)c2ncccc21. The molecule has 128 valence electrons. The molecule has 0 saturated heterocycles. The molecule has 3 heteroatoms. The van der Waals surface area contributed by atoms with Gasteiger partial charge in [0.2, 0.25) is 5.78 Å². The summed E-state index contributed by atoms with van der Waals surface area (Å²) in [5.74, 6) is -0.0264. The third-order valence-corrected chi connectivity index (χ3v) is 4.88. The third-order valence-electron chi connectivity index (χ3n) is 4.88. The molecule has 3 nitrogen and oxygen atoms in total. The summed E-state index contributed by atoms with van der Waals surface area (Å²) in [7, 11) is 2.04. The first-order valence-electron chi connectivity index (χ1n) is 8.67. The quantitative estimate of drug-likeness (QED) is 0.688. The van der Waals surface area contributed by atoms with Crippen LogP contribution in [-0.4, -0.2) is 17.8 Å². The molecule has 0 fully saturated rings. The maximum Gasteiger partial charge on any atom is 0.211 e. The molecule has 0 atom stereocenters. The topological polar surface area (TPSA) is 33.2 Å². The van der Waals surface area contributed by atoms with Crippen LogP contribution < -0.4 is 4.90 Å². The van der Waals surface area contributed by atoms with Crippen molar-refractivity contribution >= 4 is 23.1 Å². The first-order valence-corrected chi connectivity index (χ1v) is 8.67. The summed E-state index contributed by atoms with van der Waals surface area (Å²) in [6, 6.07) is 10.2. The van der Waals surface area contributed by atoms with Crippen molar-refractivity contribution in [2.45, 2.75) is 13.8 Å². The molecule has 26 heavy (non-hydrogen) atoms. The number of hydrogen-bond donors (Lipinski definition) is 0. The lowest BCUT2D eigenvalue weighted by atomic mass is 9.91. The van der Waals surface area contributed by atoms with Gasteiger partial charge >= 0.3 is 0 Å². The highest BCUT2D eigenvalue weighted by Crippen LogP contribution is 2.31. The minimum absolute atomic E-state index is 0.0264. The van der Waals surface area contributed by atoms with Crippen molar-refractivity contribution in [1.82, 2.24) is 4.98 Å². The van der Waals surface area contributed by atoms with Crippen molar-refractivity contribution in [3.8, 4) is 0 Å². The number of aryl methyl sites for hydroxylation is 1. The molecule has 1 aromatic carbocycles. The van der Waals surface area contributed by atoms with Gasteiger partial charge in [-0.25, -0.2) is 0 Å². The Bertz CT molecular complexity index is 1040. The zero-order valence-electron chi connectivity index (χ0n) is 15.2. The van der Waals surface area contributed by atoms with Crippen LogP contribution in [0.4, 0.5) is 5.69 Å². The highest BCUT2D eigenvalue weighted by atomic mass is 16.1. The molecule has 0 bridgehead atoms. The molecule has 2 heterocycles. The average Bonchev–Trinajstić information content (AvgIpc) is 2.65. The number of hydrogen-bond acceptors (Lipinski definition) is 3. The molecular weight excluding hydrogens is 320 g/mol. The number of fused-ring (bicyclic) bond motifs is 2. The second-order valence-electron chi connectivity index (χ2n) is 6.72. The Morgan fingerprint density at radius 1 is 1.08 bits per heavy atom. The van der Waals surface area contributed by atoms with Crippen molar-refractivity contribution in [2.24, 2.45) is 0 Å². The number of rotatable bonds is 1. The van der Waals surface area contributed by atoms with E-state index in [1.807, 2.05) is 44.3 Å². The number of likely N-dealkylation sites (N-methyl/N-ethyl adjacent to an activating group) is 1. The van der Waals surface area contributed by atoms with Crippen LogP contribution in [0.3, 0.4) is 0 Å². The van der Waals surface area contributed by atoms with E-state index in [4.69, 9.17) is 0 Å². The Kier molecular flexibility index (Phi) is 3.92. The lowest BCUT2D eigenvalue weighted by Gasteiger charge is -2.26. The van der Waals surface area contributed by atoms with Gasteiger partial charge < -0.3 is 4.90 Å². The van der Waals surface area contributed by atoms with Crippen LogP contribution in [0.25, 0.3) is 11.6 Å². The van der Waals surface area contributed by atoms with E-state index in [0.717, 1.165) is 22.5 Å². The molecular formula is C23H20N2O. The number of benzene rings is 1. The van der Waals surface area contributed by atoms with Crippen molar-refractivity contribution in [3.05, 3.63) is 94.5 Å². The Morgan fingerprint density at radius 3 is 2.77 bits per heavy atom. The summed E-state index contributed by atoms with van der Waals surface area (Å²) in [6.45, 7) is 4.11. The zero-order chi connectivity index (χ0) is 18.3. The normalized spacial score (nSPS) is 18.8. The lowest BCUT2D eigenvalue weighted by molar-refractivity contribution is 0.103. The van der Waals surface area contributed by atoms with Gasteiger partial charge in [-0.1, -0.05) is 23.8 Å². The number of carbonyl (C=O) groups excluding carboxylic acids is 1. The van der Waals surface area contributed by atoms with Crippen molar-refractivity contribution in [1.29, 1.82) is 0 Å². The van der Waals surface area contributed by atoms with Crippen LogP contribution in [0.2, 0.25) is 0 Å². The Balaban J connectivity index is 1.70. The number of aromatic nitrogens is 1. The van der Waals surface area contributed by atoms with Crippen LogP contribution in [0, 0.1) is 6.92 Å². The van der Waals surface area contributed by atoms with E-state index in [2.05, 4.69) is 47.2 Å². The predicted molar refractivity (Wildman–Crippen MR) is 107 cm³/mol. The lowest BCUT2D eigenvalue weighted by Crippen LogP contribution is -2.18. The van der Waals surface area contributed by atoms with E-state index in [-0.39, 0.29) is 5.78 Å². The van der Waals surface area contributed by atoms with Crippen LogP contribution in [0.1, 0.15) is 34.1 Å². The van der Waals surface area contributed by atoms with E-state index in [9.17, 15) is 4.79 Å². The third kappa shape index (κ3) is 2.72.